The van der Waals surface area contributed by atoms with Gasteiger partial charge in [0, 0.05) is 16.9 Å². The fourth-order valence-corrected chi connectivity index (χ4v) is 4.14. The number of allylic oxidation sites excluding steroid dienone is 2. The number of aliphatic imine (C=N–C) groups is 1. The summed E-state index contributed by atoms with van der Waals surface area (Å²) < 4.78 is 5.97. The minimum absolute atomic E-state index is 0.522. The monoisotopic (exact) mass is 497 g/mol. The first-order valence-electron chi connectivity index (χ1n) is 13.7. The van der Waals surface area contributed by atoms with Crippen molar-refractivity contribution in [3.05, 3.63) is 102 Å². The van der Waals surface area contributed by atoms with Gasteiger partial charge in [-0.3, -0.25) is 4.99 Å². The van der Waals surface area contributed by atoms with Crippen LogP contribution in [-0.4, -0.2) is 5.84 Å². The molecule has 196 valence electrons. The predicted octanol–water partition coefficient (Wildman–Crippen LogP) is 8.74. The molecule has 4 heteroatoms. The van der Waals surface area contributed by atoms with E-state index in [2.05, 4.69) is 45.2 Å². The number of amidine groups is 1. The molecule has 3 aromatic rings. The summed E-state index contributed by atoms with van der Waals surface area (Å²) in [4.78, 5) is 4.91. The number of hydrogen-bond acceptors (Lipinski definition) is 3. The normalized spacial score (nSPS) is 14.4. The zero-order valence-electron chi connectivity index (χ0n) is 22.9. The Bertz CT molecular complexity index is 1150. The van der Waals surface area contributed by atoms with Gasteiger partial charge in [0.15, 0.2) is 0 Å². The smallest absolute Gasteiger partial charge is 0.134 e. The zero-order valence-corrected chi connectivity index (χ0v) is 22.9. The number of nitrogens with two attached hydrogens (primary N) is 1. The van der Waals surface area contributed by atoms with E-state index in [9.17, 15) is 0 Å². The molecule has 37 heavy (non-hydrogen) atoms. The second kappa shape index (κ2) is 14.9. The van der Waals surface area contributed by atoms with Crippen LogP contribution < -0.4 is 15.8 Å². The quantitative estimate of drug-likeness (QED) is 0.167. The fourth-order valence-electron chi connectivity index (χ4n) is 4.14. The lowest BCUT2D eigenvalue weighted by Gasteiger charge is -2.15. The van der Waals surface area contributed by atoms with Crippen LogP contribution in [0.15, 0.2) is 95.6 Å². The number of hydrogen-bond donors (Lipinski definition) is 2. The standard InChI is InChI=1S/C28H31N3O.C5H12/c1-20(23-15-16-23)17-21(2)31-28(26-13-6-7-14-27(26)29)30-19-22-9-8-12-25(18-22)32-24-10-4-3-5-11-24;1-3-5-4-2/h3-14,17-18,20,23H,15-16,19,29H2,1-2H3,(H,30,31);3-5H2,1-2H3/b21-17+;. The molecule has 0 amide bonds. The Morgan fingerprint density at radius 2 is 1.65 bits per heavy atom. The van der Waals surface area contributed by atoms with Gasteiger partial charge in [-0.25, -0.2) is 0 Å². The largest absolute Gasteiger partial charge is 0.457 e. The second-order valence-electron chi connectivity index (χ2n) is 9.84. The van der Waals surface area contributed by atoms with Crippen molar-refractivity contribution in [1.82, 2.24) is 5.32 Å². The summed E-state index contributed by atoms with van der Waals surface area (Å²) in [5, 5.41) is 3.51. The third-order valence-corrected chi connectivity index (χ3v) is 6.41. The van der Waals surface area contributed by atoms with Crippen LogP contribution in [0.4, 0.5) is 5.69 Å². The number of nitrogens with zero attached hydrogens (tertiary/aromatic N) is 1. The third kappa shape index (κ3) is 9.80. The van der Waals surface area contributed by atoms with Crippen molar-refractivity contribution in [3.8, 4) is 11.5 Å². The second-order valence-corrected chi connectivity index (χ2v) is 9.84. The molecule has 0 bridgehead atoms. The highest BCUT2D eigenvalue weighted by atomic mass is 16.5. The van der Waals surface area contributed by atoms with E-state index in [4.69, 9.17) is 15.5 Å². The first kappa shape index (κ1) is 28.0. The van der Waals surface area contributed by atoms with E-state index < -0.39 is 0 Å². The van der Waals surface area contributed by atoms with Gasteiger partial charge in [0.2, 0.25) is 0 Å². The SMILES string of the molecule is C/C(=C\C(C)C1CC1)NC(=NCc1cccc(Oc2ccccc2)c1)c1ccccc1N.CCCCC. The van der Waals surface area contributed by atoms with E-state index in [-0.39, 0.29) is 0 Å². The van der Waals surface area contributed by atoms with Gasteiger partial charge < -0.3 is 15.8 Å². The summed E-state index contributed by atoms with van der Waals surface area (Å²) >= 11 is 0. The highest BCUT2D eigenvalue weighted by Gasteiger charge is 2.26. The Labute approximate surface area is 223 Å². The molecule has 1 unspecified atom stereocenters. The number of anilines is 1. The molecule has 1 aliphatic rings. The molecule has 3 N–H and O–H groups in total. The topological polar surface area (TPSA) is 59.6 Å². The zero-order chi connectivity index (χ0) is 26.5. The van der Waals surface area contributed by atoms with Crippen LogP contribution in [0, 0.1) is 11.8 Å². The molecule has 0 heterocycles. The molecule has 3 aromatic carbocycles. The Hall–Kier alpha value is -3.53. The molecular formula is C33H43N3O. The van der Waals surface area contributed by atoms with Crippen LogP contribution in [0.25, 0.3) is 0 Å². The van der Waals surface area contributed by atoms with E-state index in [1.807, 2.05) is 72.8 Å². The predicted molar refractivity (Wildman–Crippen MR) is 158 cm³/mol. The Morgan fingerprint density at radius 1 is 0.973 bits per heavy atom. The first-order valence-corrected chi connectivity index (χ1v) is 13.7. The molecule has 4 nitrogen and oxygen atoms in total. The van der Waals surface area contributed by atoms with E-state index in [0.29, 0.717) is 18.2 Å². The Kier molecular flexibility index (Phi) is 11.3. The number of benzene rings is 3. The van der Waals surface area contributed by atoms with Crippen molar-refractivity contribution in [1.29, 1.82) is 0 Å². The summed E-state index contributed by atoms with van der Waals surface area (Å²) in [6, 6.07) is 25.7. The number of rotatable bonds is 10. The lowest BCUT2D eigenvalue weighted by atomic mass is 10.1. The summed E-state index contributed by atoms with van der Waals surface area (Å²) in [7, 11) is 0. The van der Waals surface area contributed by atoms with Crippen molar-refractivity contribution in [2.24, 2.45) is 16.8 Å². The van der Waals surface area contributed by atoms with Crippen LogP contribution in [0.1, 0.15) is 70.9 Å². The van der Waals surface area contributed by atoms with Crippen molar-refractivity contribution < 1.29 is 4.74 Å². The Balaban J connectivity index is 0.000000695. The number of unbranched alkanes of at least 4 members (excludes halogenated alkanes) is 2. The van der Waals surface area contributed by atoms with Gasteiger partial charge in [-0.05, 0) is 73.6 Å². The van der Waals surface area contributed by atoms with Crippen LogP contribution in [-0.2, 0) is 6.54 Å². The first-order chi connectivity index (χ1) is 18.0. The summed E-state index contributed by atoms with van der Waals surface area (Å²) in [6.07, 6.45) is 9.05. The van der Waals surface area contributed by atoms with E-state index in [1.54, 1.807) is 0 Å². The maximum Gasteiger partial charge on any atom is 0.134 e. The summed E-state index contributed by atoms with van der Waals surface area (Å²) in [5.41, 5.74) is 10.1. The van der Waals surface area contributed by atoms with Gasteiger partial charge in [0.25, 0.3) is 0 Å². The highest BCUT2D eigenvalue weighted by Crippen LogP contribution is 2.37. The van der Waals surface area contributed by atoms with Gasteiger partial charge in [-0.1, -0.05) is 88.6 Å². The van der Waals surface area contributed by atoms with Crippen molar-refractivity contribution in [2.45, 2.75) is 66.3 Å². The molecule has 1 aliphatic carbocycles. The van der Waals surface area contributed by atoms with Crippen LogP contribution >= 0.6 is 0 Å². The molecule has 1 fully saturated rings. The number of ether oxygens (including phenoxy) is 1. The summed E-state index contributed by atoms with van der Waals surface area (Å²) in [6.45, 7) is 9.33. The average Bonchev–Trinajstić information content (AvgIpc) is 3.75. The van der Waals surface area contributed by atoms with E-state index in [1.165, 1.54) is 32.1 Å². The van der Waals surface area contributed by atoms with Crippen LogP contribution in [0.2, 0.25) is 0 Å². The lowest BCUT2D eigenvalue weighted by Crippen LogP contribution is -2.24. The number of para-hydroxylation sites is 2. The molecule has 0 aromatic heterocycles. The van der Waals surface area contributed by atoms with Crippen LogP contribution in [0.3, 0.4) is 0 Å². The van der Waals surface area contributed by atoms with Crippen molar-refractivity contribution >= 4 is 11.5 Å². The van der Waals surface area contributed by atoms with E-state index in [0.717, 1.165) is 40.1 Å². The fraction of sp³-hybridized carbons (Fsp3) is 0.364. The Morgan fingerprint density at radius 3 is 2.30 bits per heavy atom. The third-order valence-electron chi connectivity index (χ3n) is 6.41. The van der Waals surface area contributed by atoms with E-state index >= 15 is 0 Å². The van der Waals surface area contributed by atoms with Gasteiger partial charge in [0.05, 0.1) is 6.54 Å². The molecule has 0 aliphatic heterocycles. The molecule has 1 saturated carbocycles. The average molecular weight is 498 g/mol. The molecule has 0 spiro atoms. The van der Waals surface area contributed by atoms with Gasteiger partial charge >= 0.3 is 0 Å². The van der Waals surface area contributed by atoms with Crippen molar-refractivity contribution in [3.63, 3.8) is 0 Å². The number of nitrogens with one attached hydrogen (secondary N) is 1. The lowest BCUT2D eigenvalue weighted by molar-refractivity contribution is 0.482. The minimum Gasteiger partial charge on any atom is -0.457 e. The highest BCUT2D eigenvalue weighted by molar-refractivity contribution is 6.03. The van der Waals surface area contributed by atoms with Gasteiger partial charge in [-0.2, -0.15) is 0 Å². The van der Waals surface area contributed by atoms with Crippen molar-refractivity contribution in [2.75, 3.05) is 5.73 Å². The molecule has 1 atom stereocenters. The molecule has 4 rings (SSSR count). The molecule has 0 radical (unpaired) electrons. The van der Waals surface area contributed by atoms with Gasteiger partial charge in [-0.15, -0.1) is 0 Å². The minimum atomic E-state index is 0.522. The maximum absolute atomic E-state index is 6.28. The molecule has 0 saturated heterocycles. The molecular weight excluding hydrogens is 454 g/mol. The van der Waals surface area contributed by atoms with Crippen LogP contribution in [0.5, 0.6) is 11.5 Å². The number of nitrogen functional groups attached to an aromatic ring is 1. The summed E-state index contributed by atoms with van der Waals surface area (Å²) in [5.74, 6) is 3.80. The maximum atomic E-state index is 6.28. The van der Waals surface area contributed by atoms with Gasteiger partial charge in [0.1, 0.15) is 17.3 Å².